The molecule has 6 heteroatoms. The quantitative estimate of drug-likeness (QED) is 0.0390. The number of nitrogens with zero attached hydrogens (tertiary/aromatic N) is 1. The Morgan fingerprint density at radius 2 is 0.711 bits per heavy atom. The number of hydrogen-bond acceptors (Lipinski definition) is 3. The smallest absolute Gasteiger partial charge is 0.299 e. The number of alkyl halides is 1. The summed E-state index contributed by atoms with van der Waals surface area (Å²) in [7, 11) is -4.05. The third-order valence-electron chi connectivity index (χ3n) is 10.0. The number of rotatable bonds is 34. The summed E-state index contributed by atoms with van der Waals surface area (Å²) in [5, 5.41) is 0. The second-order valence-corrected chi connectivity index (χ2v) is 15.3. The molecule has 1 atom stereocenters. The average molecular weight is 665 g/mol. The molecule has 0 rings (SSSR count). The molecule has 0 aromatic heterocycles. The van der Waals surface area contributed by atoms with Gasteiger partial charge in [0.15, 0.2) is 0 Å². The third-order valence-corrected chi connectivity index (χ3v) is 11.4. The molecule has 0 bridgehead atoms. The predicted octanol–water partition coefficient (Wildman–Crippen LogP) is 13.1. The van der Waals surface area contributed by atoms with Crippen LogP contribution in [-0.2, 0) is 14.3 Å². The van der Waals surface area contributed by atoms with E-state index in [0.29, 0.717) is 12.8 Å². The highest BCUT2D eigenvalue weighted by atomic mass is 32.2. The summed E-state index contributed by atoms with van der Waals surface area (Å²) >= 11 is 0. The monoisotopic (exact) mass is 665 g/mol. The fourth-order valence-electron chi connectivity index (χ4n) is 6.18. The maximum atomic E-state index is 14.1. The van der Waals surface area contributed by atoms with E-state index in [9.17, 15) is 12.8 Å². The predicted molar refractivity (Wildman–Crippen MR) is 198 cm³/mol. The number of hydrogen-bond donors (Lipinski definition) is 0. The van der Waals surface area contributed by atoms with Crippen LogP contribution in [0.2, 0.25) is 0 Å². The molecule has 0 amide bonds. The van der Waals surface area contributed by atoms with Crippen LogP contribution < -0.4 is 0 Å². The Bertz CT molecular complexity index is 652. The Hall–Kier alpha value is -0.200. The molecule has 0 radical (unpaired) electrons. The highest BCUT2D eigenvalue weighted by Gasteiger charge is 2.25. The first-order valence-electron chi connectivity index (χ1n) is 20.2. The van der Waals surface area contributed by atoms with Gasteiger partial charge in [-0.2, -0.15) is 8.42 Å². The molecule has 4 nitrogen and oxygen atoms in total. The average Bonchev–Trinajstić information content (AvgIpc) is 3.05. The van der Waals surface area contributed by atoms with Gasteiger partial charge in [0.2, 0.25) is 5.50 Å². The Balaban J connectivity index is 0. The van der Waals surface area contributed by atoms with E-state index in [2.05, 4.69) is 41.5 Å². The van der Waals surface area contributed by atoms with Gasteiger partial charge in [0.05, 0.1) is 32.8 Å². The van der Waals surface area contributed by atoms with Gasteiger partial charge in [-0.05, 0) is 47.0 Å². The minimum atomic E-state index is -4.05. The first-order valence-corrected chi connectivity index (χ1v) is 21.6. The van der Waals surface area contributed by atoms with E-state index in [0.717, 1.165) is 25.7 Å². The van der Waals surface area contributed by atoms with Crippen LogP contribution in [0.25, 0.3) is 0 Å². The van der Waals surface area contributed by atoms with E-state index >= 15 is 0 Å². The molecule has 0 fully saturated rings. The van der Waals surface area contributed by atoms with E-state index in [-0.39, 0.29) is 13.0 Å². The van der Waals surface area contributed by atoms with Crippen LogP contribution in [0.5, 0.6) is 0 Å². The minimum Gasteiger partial charge on any atom is -0.325 e. The van der Waals surface area contributed by atoms with E-state index in [4.69, 9.17) is 4.18 Å². The first kappa shape index (κ1) is 46.9. The van der Waals surface area contributed by atoms with Crippen LogP contribution in [0.4, 0.5) is 4.39 Å². The lowest BCUT2D eigenvalue weighted by Crippen LogP contribution is -2.47. The van der Waals surface area contributed by atoms with Crippen molar-refractivity contribution in [3.8, 4) is 0 Å². The van der Waals surface area contributed by atoms with Gasteiger partial charge >= 0.3 is 0 Å². The molecular formula is C39H83FNO3S+. The molecule has 0 aliphatic heterocycles. The number of quaternary nitrogens is 1. The summed E-state index contributed by atoms with van der Waals surface area (Å²) in [5.74, 6) is 0. The molecule has 1 unspecified atom stereocenters. The largest absolute Gasteiger partial charge is 0.325 e. The molecule has 0 spiro atoms. The lowest BCUT2D eigenvalue weighted by Gasteiger charge is -2.34. The van der Waals surface area contributed by atoms with Crippen LogP contribution in [0.15, 0.2) is 0 Å². The molecule has 0 aliphatic rings. The van der Waals surface area contributed by atoms with E-state index < -0.39 is 15.6 Å². The first-order chi connectivity index (χ1) is 21.8. The highest BCUT2D eigenvalue weighted by molar-refractivity contribution is 7.87. The maximum absolute atomic E-state index is 14.1. The zero-order valence-electron chi connectivity index (χ0n) is 31.7. The molecule has 0 saturated carbocycles. The summed E-state index contributed by atoms with van der Waals surface area (Å²) in [4.78, 5) is 0. The zero-order chi connectivity index (χ0) is 33.9. The maximum Gasteiger partial charge on any atom is 0.299 e. The van der Waals surface area contributed by atoms with Crippen LogP contribution in [-0.4, -0.2) is 51.2 Å². The lowest BCUT2D eigenvalue weighted by atomic mass is 10.0. The molecule has 0 N–H and O–H groups in total. The van der Waals surface area contributed by atoms with Crippen LogP contribution in [0.1, 0.15) is 215 Å². The van der Waals surface area contributed by atoms with Crippen LogP contribution in [0.3, 0.4) is 0 Å². The van der Waals surface area contributed by atoms with Crippen molar-refractivity contribution in [2.24, 2.45) is 0 Å². The van der Waals surface area contributed by atoms with Crippen molar-refractivity contribution >= 4 is 10.1 Å². The summed E-state index contributed by atoms with van der Waals surface area (Å²) in [6.45, 7) is 18.8. The van der Waals surface area contributed by atoms with Crippen molar-refractivity contribution < 1.29 is 21.5 Å². The minimum absolute atomic E-state index is 0.0659. The van der Waals surface area contributed by atoms with Crippen molar-refractivity contribution in [2.45, 2.75) is 220 Å². The normalized spacial score (nSPS) is 12.7. The van der Waals surface area contributed by atoms with E-state index in [1.165, 1.54) is 159 Å². The Labute approximate surface area is 284 Å². The summed E-state index contributed by atoms with van der Waals surface area (Å²) < 4.78 is 44.2. The lowest BCUT2D eigenvalue weighted by molar-refractivity contribution is -0.921. The van der Waals surface area contributed by atoms with E-state index in [1.807, 2.05) is 0 Å². The number of unbranched alkanes of at least 4 members (excludes halogenated alkanes) is 24. The Morgan fingerprint density at radius 3 is 0.978 bits per heavy atom. The highest BCUT2D eigenvalue weighted by Crippen LogP contribution is 2.18. The van der Waals surface area contributed by atoms with Gasteiger partial charge in [-0.3, -0.25) is 4.18 Å². The molecule has 0 aliphatic carbocycles. The van der Waals surface area contributed by atoms with E-state index in [1.54, 1.807) is 0 Å². The summed E-state index contributed by atoms with van der Waals surface area (Å²) in [6.07, 6.45) is 32.1. The SMILES string of the molecule is CCCCCCCCCCCCCCCCCCCCOS(=O)(=O)C(F)CCCCCCCCCC.CC[N+](CC)(CC)CC. The molecule has 0 heterocycles. The standard InChI is InChI=1S/C31H63FO3S.C8H20N/c1-3-5-7-9-11-13-14-15-16-17-18-19-20-21-22-24-26-28-30-35-36(33,34)31(32)29-27-25-23-12-10-8-6-4-2;1-5-9(6-2,7-3)8-4/h31H,3-30H2,1-2H3;5-8H2,1-4H3/q;+1. The van der Waals surface area contributed by atoms with Crippen molar-refractivity contribution in [1.82, 2.24) is 0 Å². The molecule has 45 heavy (non-hydrogen) atoms. The molecular weight excluding hydrogens is 581 g/mol. The fraction of sp³-hybridized carbons (Fsp3) is 1.00. The van der Waals surface area contributed by atoms with Crippen molar-refractivity contribution in [3.63, 3.8) is 0 Å². The second-order valence-electron chi connectivity index (χ2n) is 13.6. The fourth-order valence-corrected chi connectivity index (χ4v) is 7.13. The Kier molecular flexibility index (Phi) is 36.6. The summed E-state index contributed by atoms with van der Waals surface area (Å²) in [5.41, 5.74) is -1.87. The van der Waals surface area contributed by atoms with Crippen molar-refractivity contribution in [2.75, 3.05) is 32.8 Å². The zero-order valence-corrected chi connectivity index (χ0v) is 32.5. The number of halogens is 1. The molecule has 0 aromatic carbocycles. The van der Waals surface area contributed by atoms with Crippen molar-refractivity contribution in [3.05, 3.63) is 0 Å². The third kappa shape index (κ3) is 30.9. The Morgan fingerprint density at radius 1 is 0.444 bits per heavy atom. The van der Waals surface area contributed by atoms with Gasteiger partial charge in [0, 0.05) is 0 Å². The van der Waals surface area contributed by atoms with Gasteiger partial charge in [-0.25, -0.2) is 4.39 Å². The molecule has 0 saturated heterocycles. The van der Waals surface area contributed by atoms with Gasteiger partial charge in [0.1, 0.15) is 0 Å². The van der Waals surface area contributed by atoms with Gasteiger partial charge < -0.3 is 4.48 Å². The summed E-state index contributed by atoms with van der Waals surface area (Å²) in [6, 6.07) is 0. The van der Waals surface area contributed by atoms with Gasteiger partial charge in [-0.1, -0.05) is 168 Å². The molecule has 274 valence electrons. The van der Waals surface area contributed by atoms with Crippen LogP contribution >= 0.6 is 0 Å². The van der Waals surface area contributed by atoms with Gasteiger partial charge in [0.25, 0.3) is 10.1 Å². The second kappa shape index (κ2) is 35.1. The van der Waals surface area contributed by atoms with Gasteiger partial charge in [-0.15, -0.1) is 0 Å². The van der Waals surface area contributed by atoms with Crippen LogP contribution in [0, 0.1) is 0 Å². The van der Waals surface area contributed by atoms with Crippen molar-refractivity contribution in [1.29, 1.82) is 0 Å². The molecule has 0 aromatic rings. The topological polar surface area (TPSA) is 43.4 Å².